The van der Waals surface area contributed by atoms with Gasteiger partial charge in [-0.2, -0.15) is 0 Å². The molecule has 0 saturated carbocycles. The first kappa shape index (κ1) is 16.9. The predicted octanol–water partition coefficient (Wildman–Crippen LogP) is 4.58. The number of ether oxygens (including phenoxy) is 1. The Morgan fingerprint density at radius 2 is 1.68 bits per heavy atom. The van der Waals surface area contributed by atoms with Crippen LogP contribution < -0.4 is 0 Å². The Balaban J connectivity index is 1.75. The molecule has 0 aliphatic carbocycles. The summed E-state index contributed by atoms with van der Waals surface area (Å²) in [5, 5.41) is 8.05. The van der Waals surface area contributed by atoms with Crippen molar-refractivity contribution in [3.8, 4) is 11.5 Å². The Kier molecular flexibility index (Phi) is 4.65. The van der Waals surface area contributed by atoms with Gasteiger partial charge in [0, 0.05) is 5.56 Å². The maximum Gasteiger partial charge on any atom is 0.339 e. The van der Waals surface area contributed by atoms with Crippen LogP contribution in [0.3, 0.4) is 0 Å². The van der Waals surface area contributed by atoms with Crippen molar-refractivity contribution in [2.24, 2.45) is 0 Å². The highest BCUT2D eigenvalue weighted by atomic mass is 16.6. The van der Waals surface area contributed by atoms with E-state index in [2.05, 4.69) is 10.2 Å². The van der Waals surface area contributed by atoms with Gasteiger partial charge in [0.2, 0.25) is 5.89 Å². The summed E-state index contributed by atoms with van der Waals surface area (Å²) in [6, 6.07) is 13.5. The van der Waals surface area contributed by atoms with Gasteiger partial charge in [0.25, 0.3) is 5.89 Å². The van der Waals surface area contributed by atoms with Crippen LogP contribution in [0.1, 0.15) is 46.0 Å². The van der Waals surface area contributed by atoms with Gasteiger partial charge in [0.1, 0.15) is 0 Å². The molecule has 3 aromatic rings. The fourth-order valence-corrected chi connectivity index (χ4v) is 2.44. The van der Waals surface area contributed by atoms with Gasteiger partial charge in [-0.25, -0.2) is 4.79 Å². The standard InChI is InChI=1S/C20H20N2O3/c1-12-6-9-16(10-7-12)19-22-21-18(25-19)15(4)24-20(23)17-11-13(2)5-8-14(17)3/h5-11,15H,1-4H3/t15-/m1/s1. The first-order chi connectivity index (χ1) is 11.9. The van der Waals surface area contributed by atoms with E-state index in [0.717, 1.165) is 22.3 Å². The number of carbonyl (C=O) groups excluding carboxylic acids is 1. The molecule has 1 atom stereocenters. The number of carbonyl (C=O) groups is 1. The predicted molar refractivity (Wildman–Crippen MR) is 94.2 cm³/mol. The summed E-state index contributed by atoms with van der Waals surface area (Å²) in [4.78, 5) is 12.4. The van der Waals surface area contributed by atoms with E-state index >= 15 is 0 Å². The van der Waals surface area contributed by atoms with Crippen LogP contribution in [0.2, 0.25) is 0 Å². The van der Waals surface area contributed by atoms with E-state index in [1.165, 1.54) is 0 Å². The fourth-order valence-electron chi connectivity index (χ4n) is 2.44. The van der Waals surface area contributed by atoms with Crippen molar-refractivity contribution in [3.05, 3.63) is 70.6 Å². The molecular formula is C20H20N2O3. The van der Waals surface area contributed by atoms with E-state index in [4.69, 9.17) is 9.15 Å². The second-order valence-electron chi connectivity index (χ2n) is 6.18. The summed E-state index contributed by atoms with van der Waals surface area (Å²) in [5.41, 5.74) is 4.40. The van der Waals surface area contributed by atoms with Gasteiger partial charge in [0.05, 0.1) is 5.56 Å². The molecule has 0 amide bonds. The normalized spacial score (nSPS) is 12.0. The number of benzene rings is 2. The molecule has 1 aromatic heterocycles. The summed E-state index contributed by atoms with van der Waals surface area (Å²) in [6.07, 6.45) is -0.626. The molecule has 1 heterocycles. The van der Waals surface area contributed by atoms with Gasteiger partial charge in [-0.3, -0.25) is 0 Å². The molecule has 0 fully saturated rings. The summed E-state index contributed by atoms with van der Waals surface area (Å²) < 4.78 is 11.2. The van der Waals surface area contributed by atoms with Gasteiger partial charge in [-0.15, -0.1) is 10.2 Å². The molecule has 0 unspecified atom stereocenters. The molecular weight excluding hydrogens is 316 g/mol. The lowest BCUT2D eigenvalue weighted by Gasteiger charge is -2.11. The zero-order valence-electron chi connectivity index (χ0n) is 14.7. The van der Waals surface area contributed by atoms with Crippen molar-refractivity contribution in [2.75, 3.05) is 0 Å². The number of esters is 1. The second-order valence-corrected chi connectivity index (χ2v) is 6.18. The number of hydrogen-bond donors (Lipinski definition) is 0. The average molecular weight is 336 g/mol. The Morgan fingerprint density at radius 1 is 1.00 bits per heavy atom. The molecule has 0 bridgehead atoms. The summed E-state index contributed by atoms with van der Waals surface area (Å²) >= 11 is 0. The fraction of sp³-hybridized carbons (Fsp3) is 0.250. The zero-order chi connectivity index (χ0) is 18.0. The quantitative estimate of drug-likeness (QED) is 0.652. The first-order valence-electron chi connectivity index (χ1n) is 8.12. The number of aryl methyl sites for hydroxylation is 3. The zero-order valence-corrected chi connectivity index (χ0v) is 14.7. The van der Waals surface area contributed by atoms with Crippen LogP contribution in [0, 0.1) is 20.8 Å². The largest absolute Gasteiger partial charge is 0.449 e. The molecule has 0 spiro atoms. The lowest BCUT2D eigenvalue weighted by atomic mass is 10.1. The Hall–Kier alpha value is -2.95. The van der Waals surface area contributed by atoms with Gasteiger partial charge < -0.3 is 9.15 Å². The second kappa shape index (κ2) is 6.89. The number of rotatable bonds is 4. The molecule has 25 heavy (non-hydrogen) atoms. The smallest absolute Gasteiger partial charge is 0.339 e. The van der Waals surface area contributed by atoms with Crippen LogP contribution in [0.4, 0.5) is 0 Å². The third-order valence-corrected chi connectivity index (χ3v) is 3.98. The van der Waals surface area contributed by atoms with Crippen LogP contribution in [-0.4, -0.2) is 16.2 Å². The number of nitrogens with zero attached hydrogens (tertiary/aromatic N) is 2. The van der Waals surface area contributed by atoms with Crippen LogP contribution in [0.25, 0.3) is 11.5 Å². The Bertz CT molecular complexity index is 898. The number of hydrogen-bond acceptors (Lipinski definition) is 5. The van der Waals surface area contributed by atoms with E-state index < -0.39 is 12.1 Å². The highest BCUT2D eigenvalue weighted by Crippen LogP contribution is 2.24. The molecule has 0 saturated heterocycles. The third kappa shape index (κ3) is 3.76. The molecule has 0 radical (unpaired) electrons. The van der Waals surface area contributed by atoms with Crippen LogP contribution in [0.15, 0.2) is 46.9 Å². The maximum atomic E-state index is 12.4. The van der Waals surface area contributed by atoms with Gasteiger partial charge >= 0.3 is 5.97 Å². The summed E-state index contributed by atoms with van der Waals surface area (Å²) in [7, 11) is 0. The highest BCUT2D eigenvalue weighted by Gasteiger charge is 2.21. The minimum atomic E-state index is -0.626. The SMILES string of the molecule is Cc1ccc(-c2nnc([C@@H](C)OC(=O)c3cc(C)ccc3C)o2)cc1. The topological polar surface area (TPSA) is 65.2 Å². The van der Waals surface area contributed by atoms with Crippen molar-refractivity contribution in [1.82, 2.24) is 10.2 Å². The minimum absolute atomic E-state index is 0.272. The first-order valence-corrected chi connectivity index (χ1v) is 8.12. The van der Waals surface area contributed by atoms with Gasteiger partial charge in [0.15, 0.2) is 6.10 Å². The van der Waals surface area contributed by atoms with Crippen molar-refractivity contribution in [1.29, 1.82) is 0 Å². The monoisotopic (exact) mass is 336 g/mol. The maximum absolute atomic E-state index is 12.4. The molecule has 0 aliphatic rings. The van der Waals surface area contributed by atoms with E-state index in [-0.39, 0.29) is 5.89 Å². The van der Waals surface area contributed by atoms with E-state index in [0.29, 0.717) is 11.5 Å². The van der Waals surface area contributed by atoms with Crippen molar-refractivity contribution >= 4 is 5.97 Å². The van der Waals surface area contributed by atoms with Gasteiger partial charge in [-0.05, 0) is 51.5 Å². The number of aromatic nitrogens is 2. The molecule has 0 aliphatic heterocycles. The van der Waals surface area contributed by atoms with Crippen molar-refractivity contribution in [3.63, 3.8) is 0 Å². The van der Waals surface area contributed by atoms with Crippen LogP contribution in [-0.2, 0) is 4.74 Å². The minimum Gasteiger partial charge on any atom is -0.449 e. The molecule has 5 nitrogen and oxygen atoms in total. The molecule has 2 aromatic carbocycles. The van der Waals surface area contributed by atoms with E-state index in [9.17, 15) is 4.79 Å². The Labute approximate surface area is 146 Å². The Morgan fingerprint density at radius 3 is 2.40 bits per heavy atom. The van der Waals surface area contributed by atoms with E-state index in [1.54, 1.807) is 6.92 Å². The van der Waals surface area contributed by atoms with Crippen molar-refractivity contribution < 1.29 is 13.9 Å². The van der Waals surface area contributed by atoms with Gasteiger partial charge in [-0.1, -0.05) is 35.4 Å². The summed E-state index contributed by atoms with van der Waals surface area (Å²) in [5.74, 6) is 0.280. The van der Waals surface area contributed by atoms with E-state index in [1.807, 2.05) is 63.2 Å². The molecule has 5 heteroatoms. The van der Waals surface area contributed by atoms with Crippen molar-refractivity contribution in [2.45, 2.75) is 33.8 Å². The van der Waals surface area contributed by atoms with Crippen LogP contribution in [0.5, 0.6) is 0 Å². The lowest BCUT2D eigenvalue weighted by molar-refractivity contribution is 0.0279. The third-order valence-electron chi connectivity index (χ3n) is 3.98. The molecule has 128 valence electrons. The average Bonchev–Trinajstić information content (AvgIpc) is 3.07. The lowest BCUT2D eigenvalue weighted by Crippen LogP contribution is -2.11. The highest BCUT2D eigenvalue weighted by molar-refractivity contribution is 5.91. The molecule has 3 rings (SSSR count). The summed E-state index contributed by atoms with van der Waals surface area (Å²) in [6.45, 7) is 7.54. The molecule has 0 N–H and O–H groups in total. The van der Waals surface area contributed by atoms with Crippen LogP contribution >= 0.6 is 0 Å².